The Bertz CT molecular complexity index is 976. The summed E-state index contributed by atoms with van der Waals surface area (Å²) in [4.78, 5) is 26.3. The molecule has 1 atom stereocenters. The quantitative estimate of drug-likeness (QED) is 0.813. The molecular formula is C19H15F3N2O4. The number of imide groups is 1. The first-order valence-electron chi connectivity index (χ1n) is 8.39. The number of nitrogens with zero attached hydrogens (tertiary/aromatic N) is 1. The van der Waals surface area contributed by atoms with Crippen LogP contribution in [0.15, 0.2) is 42.5 Å². The molecule has 3 amide bonds. The van der Waals surface area contributed by atoms with E-state index in [2.05, 4.69) is 5.32 Å². The molecule has 2 aliphatic rings. The Kier molecular flexibility index (Phi) is 3.99. The second kappa shape index (κ2) is 6.15. The van der Waals surface area contributed by atoms with Gasteiger partial charge in [-0.3, -0.25) is 9.69 Å². The van der Waals surface area contributed by atoms with Crippen molar-refractivity contribution in [3.05, 3.63) is 59.2 Å². The highest BCUT2D eigenvalue weighted by atomic mass is 19.4. The number of rotatable bonds is 3. The van der Waals surface area contributed by atoms with Crippen molar-refractivity contribution in [1.82, 2.24) is 10.2 Å². The van der Waals surface area contributed by atoms with Crippen LogP contribution in [0.4, 0.5) is 18.0 Å². The fourth-order valence-corrected chi connectivity index (χ4v) is 3.27. The lowest BCUT2D eigenvalue weighted by molar-refractivity contribution is -0.137. The van der Waals surface area contributed by atoms with Crippen molar-refractivity contribution in [1.29, 1.82) is 0 Å². The first kappa shape index (κ1) is 18.1. The van der Waals surface area contributed by atoms with Gasteiger partial charge in [0.25, 0.3) is 5.91 Å². The number of hydrogen-bond acceptors (Lipinski definition) is 4. The SMILES string of the molecule is C[C@@]1(c2ccc3c(c2)OCO3)NC(=O)N(Cc2cccc(C(F)(F)F)c2)C1=O. The molecular weight excluding hydrogens is 377 g/mol. The van der Waals surface area contributed by atoms with E-state index in [0.29, 0.717) is 17.1 Å². The molecule has 146 valence electrons. The van der Waals surface area contributed by atoms with Crippen LogP contribution in [0.1, 0.15) is 23.6 Å². The van der Waals surface area contributed by atoms with E-state index in [4.69, 9.17) is 9.47 Å². The molecule has 6 nitrogen and oxygen atoms in total. The van der Waals surface area contributed by atoms with E-state index >= 15 is 0 Å². The number of nitrogens with one attached hydrogen (secondary N) is 1. The third-order valence-corrected chi connectivity index (χ3v) is 4.82. The molecule has 2 aromatic carbocycles. The van der Waals surface area contributed by atoms with Crippen LogP contribution in [-0.2, 0) is 23.1 Å². The summed E-state index contributed by atoms with van der Waals surface area (Å²) in [7, 11) is 0. The number of urea groups is 1. The number of ether oxygens (including phenoxy) is 2. The Labute approximate surface area is 157 Å². The third kappa shape index (κ3) is 2.92. The van der Waals surface area contributed by atoms with E-state index in [1.807, 2.05) is 0 Å². The van der Waals surface area contributed by atoms with E-state index in [0.717, 1.165) is 17.0 Å². The molecule has 0 aromatic heterocycles. The second-order valence-electron chi connectivity index (χ2n) is 6.71. The molecule has 0 saturated carbocycles. The highest BCUT2D eigenvalue weighted by Gasteiger charge is 2.49. The Hall–Kier alpha value is -3.23. The van der Waals surface area contributed by atoms with Gasteiger partial charge in [-0.05, 0) is 42.3 Å². The number of alkyl halides is 3. The smallest absolute Gasteiger partial charge is 0.416 e. The van der Waals surface area contributed by atoms with Crippen molar-refractivity contribution in [2.24, 2.45) is 0 Å². The van der Waals surface area contributed by atoms with Crippen molar-refractivity contribution in [2.75, 3.05) is 6.79 Å². The molecule has 0 bridgehead atoms. The second-order valence-corrected chi connectivity index (χ2v) is 6.71. The number of halogens is 3. The first-order chi connectivity index (χ1) is 13.2. The standard InChI is InChI=1S/C19H15F3N2O4/c1-18(12-5-6-14-15(8-12)28-10-27-14)16(25)24(17(26)23-18)9-11-3-2-4-13(7-11)19(20,21)22/h2-8H,9-10H2,1H3,(H,23,26)/t18-/m0/s1. The molecule has 28 heavy (non-hydrogen) atoms. The van der Waals surface area contributed by atoms with Gasteiger partial charge in [-0.1, -0.05) is 18.2 Å². The van der Waals surface area contributed by atoms with Crippen LogP contribution in [0.5, 0.6) is 11.5 Å². The molecule has 0 spiro atoms. The van der Waals surface area contributed by atoms with Gasteiger partial charge < -0.3 is 14.8 Å². The Morgan fingerprint density at radius 1 is 1.11 bits per heavy atom. The van der Waals surface area contributed by atoms with Crippen molar-refractivity contribution >= 4 is 11.9 Å². The lowest BCUT2D eigenvalue weighted by atomic mass is 9.91. The largest absolute Gasteiger partial charge is 0.454 e. The summed E-state index contributed by atoms with van der Waals surface area (Å²) in [5.74, 6) is 0.427. The predicted octanol–water partition coefficient (Wildman–Crippen LogP) is 3.40. The van der Waals surface area contributed by atoms with Crippen molar-refractivity contribution in [3.8, 4) is 11.5 Å². The lowest BCUT2D eigenvalue weighted by Crippen LogP contribution is -2.40. The number of hydrogen-bond donors (Lipinski definition) is 1. The summed E-state index contributed by atoms with van der Waals surface area (Å²) in [5.41, 5.74) is -1.51. The number of amides is 3. The van der Waals surface area contributed by atoms with Gasteiger partial charge in [-0.15, -0.1) is 0 Å². The summed E-state index contributed by atoms with van der Waals surface area (Å²) < 4.78 is 49.3. The van der Waals surface area contributed by atoms with Crippen molar-refractivity contribution in [3.63, 3.8) is 0 Å². The van der Waals surface area contributed by atoms with E-state index < -0.39 is 29.2 Å². The summed E-state index contributed by atoms with van der Waals surface area (Å²) in [5, 5.41) is 2.62. The summed E-state index contributed by atoms with van der Waals surface area (Å²) in [6.07, 6.45) is -4.51. The maximum absolute atomic E-state index is 13.0. The minimum Gasteiger partial charge on any atom is -0.454 e. The summed E-state index contributed by atoms with van der Waals surface area (Å²) in [6.45, 7) is 1.34. The molecule has 1 N–H and O–H groups in total. The van der Waals surface area contributed by atoms with E-state index in [1.54, 1.807) is 18.2 Å². The molecule has 1 saturated heterocycles. The third-order valence-electron chi connectivity index (χ3n) is 4.82. The highest BCUT2D eigenvalue weighted by Crippen LogP contribution is 2.38. The fraction of sp³-hybridized carbons (Fsp3) is 0.263. The molecule has 2 aromatic rings. The maximum atomic E-state index is 13.0. The average Bonchev–Trinajstić information content (AvgIpc) is 3.20. The lowest BCUT2D eigenvalue weighted by Gasteiger charge is -2.22. The van der Waals surface area contributed by atoms with Crippen LogP contribution in [0.3, 0.4) is 0 Å². The van der Waals surface area contributed by atoms with E-state index in [9.17, 15) is 22.8 Å². The van der Waals surface area contributed by atoms with Crippen LogP contribution < -0.4 is 14.8 Å². The van der Waals surface area contributed by atoms with Gasteiger partial charge in [-0.2, -0.15) is 13.2 Å². The fourth-order valence-electron chi connectivity index (χ4n) is 3.27. The molecule has 2 aliphatic heterocycles. The predicted molar refractivity (Wildman–Crippen MR) is 90.4 cm³/mol. The maximum Gasteiger partial charge on any atom is 0.416 e. The number of carbonyl (C=O) groups excluding carboxylic acids is 2. The normalized spacial score (nSPS) is 21.2. The van der Waals surface area contributed by atoms with Gasteiger partial charge in [0.2, 0.25) is 6.79 Å². The van der Waals surface area contributed by atoms with Crippen LogP contribution in [0.2, 0.25) is 0 Å². The van der Waals surface area contributed by atoms with Crippen molar-refractivity contribution in [2.45, 2.75) is 25.2 Å². The molecule has 2 heterocycles. The van der Waals surface area contributed by atoms with Gasteiger partial charge >= 0.3 is 12.2 Å². The van der Waals surface area contributed by atoms with E-state index in [1.165, 1.54) is 19.1 Å². The molecule has 9 heteroatoms. The summed E-state index contributed by atoms with van der Waals surface area (Å²) in [6, 6.07) is 8.75. The zero-order chi connectivity index (χ0) is 20.1. The average molecular weight is 392 g/mol. The number of fused-ring (bicyclic) bond motifs is 1. The molecule has 0 radical (unpaired) electrons. The van der Waals surface area contributed by atoms with Crippen molar-refractivity contribution < 1.29 is 32.2 Å². The molecule has 1 fully saturated rings. The Morgan fingerprint density at radius 2 is 1.86 bits per heavy atom. The topological polar surface area (TPSA) is 67.9 Å². The van der Waals surface area contributed by atoms with Crippen LogP contribution >= 0.6 is 0 Å². The monoisotopic (exact) mass is 392 g/mol. The van der Waals surface area contributed by atoms with Gasteiger partial charge in [-0.25, -0.2) is 4.79 Å². The van der Waals surface area contributed by atoms with E-state index in [-0.39, 0.29) is 18.9 Å². The molecule has 4 rings (SSSR count). The highest BCUT2D eigenvalue weighted by molar-refractivity contribution is 6.07. The number of benzene rings is 2. The van der Waals surface area contributed by atoms with Gasteiger partial charge in [0.05, 0.1) is 12.1 Å². The number of carbonyl (C=O) groups is 2. The molecule has 0 unspecified atom stereocenters. The minimum absolute atomic E-state index is 0.0669. The minimum atomic E-state index is -4.51. The van der Waals surface area contributed by atoms with Gasteiger partial charge in [0.1, 0.15) is 5.54 Å². The van der Waals surface area contributed by atoms with Gasteiger partial charge in [0.15, 0.2) is 11.5 Å². The molecule has 0 aliphatic carbocycles. The van der Waals surface area contributed by atoms with Crippen LogP contribution in [-0.4, -0.2) is 23.6 Å². The first-order valence-corrected chi connectivity index (χ1v) is 8.39. The Morgan fingerprint density at radius 3 is 2.61 bits per heavy atom. The Balaban J connectivity index is 1.61. The van der Waals surface area contributed by atoms with Crippen LogP contribution in [0.25, 0.3) is 0 Å². The van der Waals surface area contributed by atoms with Gasteiger partial charge in [0, 0.05) is 0 Å². The zero-order valence-electron chi connectivity index (χ0n) is 14.7. The zero-order valence-corrected chi connectivity index (χ0v) is 14.7. The van der Waals surface area contributed by atoms with Crippen LogP contribution in [0, 0.1) is 0 Å². The summed E-state index contributed by atoms with van der Waals surface area (Å²) >= 11 is 0.